The molecule has 9 heavy (non-hydrogen) atoms. The Labute approximate surface area is 58.0 Å². The largest absolute Gasteiger partial charge is 0.0882 e. The first-order chi connectivity index (χ1) is 4.43. The van der Waals surface area contributed by atoms with Crippen molar-refractivity contribution in [2.24, 2.45) is 5.92 Å². The second kappa shape index (κ2) is 3.71. The van der Waals surface area contributed by atoms with Crippen molar-refractivity contribution in [3.63, 3.8) is 0 Å². The molecule has 0 aromatic rings. The van der Waals surface area contributed by atoms with E-state index in [0.29, 0.717) is 0 Å². The molecule has 0 saturated heterocycles. The molecule has 0 aromatic carbocycles. The Balaban J connectivity index is 2.05. The number of hydrogen-bond acceptors (Lipinski definition) is 0. The maximum atomic E-state index is 2.38. The third-order valence-corrected chi connectivity index (χ3v) is 2.04. The van der Waals surface area contributed by atoms with Crippen LogP contribution in [0.25, 0.3) is 0 Å². The van der Waals surface area contributed by atoms with E-state index in [1.54, 1.807) is 0 Å². The highest BCUT2D eigenvalue weighted by atomic mass is 14.1. The van der Waals surface area contributed by atoms with Gasteiger partial charge in [0.15, 0.2) is 0 Å². The second-order valence-corrected chi connectivity index (χ2v) is 2.91. The van der Waals surface area contributed by atoms with Crippen LogP contribution in [-0.2, 0) is 0 Å². The summed E-state index contributed by atoms with van der Waals surface area (Å²) in [5.74, 6) is 0.935. The summed E-state index contributed by atoms with van der Waals surface area (Å²) in [6.07, 6.45) is 11.6. The lowest BCUT2D eigenvalue weighted by molar-refractivity contribution is 0.545. The minimum absolute atomic E-state index is 0.935. The molecule has 1 atom stereocenters. The standard InChI is InChI=1S/C9H16/c1-2-3-6-9-7-4-5-8-9/h4,7,9H,2-3,5-6,8H2,1H3. The minimum atomic E-state index is 0.935. The van der Waals surface area contributed by atoms with Crippen molar-refractivity contribution in [2.45, 2.75) is 39.0 Å². The lowest BCUT2D eigenvalue weighted by atomic mass is 10.0. The first-order valence-electron chi connectivity index (χ1n) is 4.10. The number of allylic oxidation sites excluding steroid dienone is 2. The molecule has 0 N–H and O–H groups in total. The van der Waals surface area contributed by atoms with E-state index in [0.717, 1.165) is 5.92 Å². The van der Waals surface area contributed by atoms with Crippen LogP contribution in [0.1, 0.15) is 39.0 Å². The Hall–Kier alpha value is -0.260. The Morgan fingerprint density at radius 1 is 1.56 bits per heavy atom. The van der Waals surface area contributed by atoms with Gasteiger partial charge in [-0.3, -0.25) is 0 Å². The van der Waals surface area contributed by atoms with Gasteiger partial charge in [0.2, 0.25) is 0 Å². The van der Waals surface area contributed by atoms with Crippen LogP contribution in [0.2, 0.25) is 0 Å². The number of hydrogen-bond donors (Lipinski definition) is 0. The molecule has 0 spiro atoms. The average Bonchev–Trinajstić information content (AvgIpc) is 2.34. The maximum Gasteiger partial charge on any atom is -0.0231 e. The Morgan fingerprint density at radius 2 is 2.44 bits per heavy atom. The molecule has 1 unspecified atom stereocenters. The van der Waals surface area contributed by atoms with Crippen LogP contribution < -0.4 is 0 Å². The summed E-state index contributed by atoms with van der Waals surface area (Å²) in [6.45, 7) is 2.26. The number of rotatable bonds is 3. The monoisotopic (exact) mass is 124 g/mol. The first-order valence-corrected chi connectivity index (χ1v) is 4.10. The second-order valence-electron chi connectivity index (χ2n) is 2.91. The molecule has 0 bridgehead atoms. The van der Waals surface area contributed by atoms with Crippen LogP contribution >= 0.6 is 0 Å². The van der Waals surface area contributed by atoms with Crippen molar-refractivity contribution in [1.82, 2.24) is 0 Å². The Kier molecular flexibility index (Phi) is 2.82. The van der Waals surface area contributed by atoms with E-state index in [2.05, 4.69) is 19.1 Å². The molecule has 0 heteroatoms. The van der Waals surface area contributed by atoms with Crippen molar-refractivity contribution < 1.29 is 0 Å². The van der Waals surface area contributed by atoms with E-state index in [9.17, 15) is 0 Å². The summed E-state index contributed by atoms with van der Waals surface area (Å²) in [7, 11) is 0. The summed E-state index contributed by atoms with van der Waals surface area (Å²) in [4.78, 5) is 0. The van der Waals surface area contributed by atoms with Gasteiger partial charge in [-0.15, -0.1) is 0 Å². The molecule has 0 fully saturated rings. The van der Waals surface area contributed by atoms with Crippen LogP contribution in [-0.4, -0.2) is 0 Å². The first kappa shape index (κ1) is 6.85. The van der Waals surface area contributed by atoms with E-state index in [4.69, 9.17) is 0 Å². The van der Waals surface area contributed by atoms with Crippen molar-refractivity contribution in [3.8, 4) is 0 Å². The molecule has 0 heterocycles. The molecule has 1 aliphatic carbocycles. The molecule has 1 aliphatic rings. The van der Waals surface area contributed by atoms with Gasteiger partial charge in [0, 0.05) is 0 Å². The lowest BCUT2D eigenvalue weighted by Gasteiger charge is -2.03. The topological polar surface area (TPSA) is 0 Å². The lowest BCUT2D eigenvalue weighted by Crippen LogP contribution is -1.89. The summed E-state index contributed by atoms with van der Waals surface area (Å²) in [5, 5.41) is 0. The van der Waals surface area contributed by atoms with Crippen molar-refractivity contribution in [2.75, 3.05) is 0 Å². The van der Waals surface area contributed by atoms with Crippen LogP contribution in [0.3, 0.4) is 0 Å². The molecular formula is C9H16. The average molecular weight is 124 g/mol. The van der Waals surface area contributed by atoms with Gasteiger partial charge >= 0.3 is 0 Å². The highest BCUT2D eigenvalue weighted by Gasteiger charge is 2.06. The molecule has 0 aromatic heterocycles. The molecule has 0 aliphatic heterocycles. The van der Waals surface area contributed by atoms with Crippen molar-refractivity contribution >= 4 is 0 Å². The van der Waals surface area contributed by atoms with Gasteiger partial charge in [0.05, 0.1) is 0 Å². The molecule has 0 nitrogen and oxygen atoms in total. The molecule has 1 rings (SSSR count). The van der Waals surface area contributed by atoms with Crippen LogP contribution in [0.4, 0.5) is 0 Å². The SMILES string of the molecule is CCCCC1C=CCC1. The summed E-state index contributed by atoms with van der Waals surface area (Å²) in [6, 6.07) is 0. The molecular weight excluding hydrogens is 108 g/mol. The Morgan fingerprint density at radius 3 is 3.00 bits per heavy atom. The highest BCUT2D eigenvalue weighted by molar-refractivity contribution is 4.95. The van der Waals surface area contributed by atoms with E-state index in [1.807, 2.05) is 0 Å². The fourth-order valence-electron chi connectivity index (χ4n) is 1.40. The van der Waals surface area contributed by atoms with Gasteiger partial charge < -0.3 is 0 Å². The van der Waals surface area contributed by atoms with Crippen LogP contribution in [0.5, 0.6) is 0 Å². The minimum Gasteiger partial charge on any atom is -0.0882 e. The van der Waals surface area contributed by atoms with Gasteiger partial charge in [-0.05, 0) is 25.2 Å². The van der Waals surface area contributed by atoms with Gasteiger partial charge in [-0.1, -0.05) is 31.9 Å². The van der Waals surface area contributed by atoms with E-state index in [-0.39, 0.29) is 0 Å². The zero-order valence-electron chi connectivity index (χ0n) is 6.27. The van der Waals surface area contributed by atoms with Gasteiger partial charge in [0.1, 0.15) is 0 Å². The van der Waals surface area contributed by atoms with E-state index in [1.165, 1.54) is 32.1 Å². The maximum absolute atomic E-state index is 2.38. The zero-order chi connectivity index (χ0) is 6.53. The van der Waals surface area contributed by atoms with Crippen LogP contribution in [0, 0.1) is 5.92 Å². The van der Waals surface area contributed by atoms with Gasteiger partial charge in [-0.25, -0.2) is 0 Å². The summed E-state index contributed by atoms with van der Waals surface area (Å²) >= 11 is 0. The molecule has 0 amide bonds. The predicted molar refractivity (Wildman–Crippen MR) is 41.4 cm³/mol. The van der Waals surface area contributed by atoms with Crippen LogP contribution in [0.15, 0.2) is 12.2 Å². The van der Waals surface area contributed by atoms with E-state index >= 15 is 0 Å². The smallest absolute Gasteiger partial charge is 0.0231 e. The molecule has 0 radical (unpaired) electrons. The fourth-order valence-corrected chi connectivity index (χ4v) is 1.40. The zero-order valence-corrected chi connectivity index (χ0v) is 6.27. The van der Waals surface area contributed by atoms with Crippen molar-refractivity contribution in [1.29, 1.82) is 0 Å². The summed E-state index contributed by atoms with van der Waals surface area (Å²) in [5.41, 5.74) is 0. The normalized spacial score (nSPS) is 25.2. The third kappa shape index (κ3) is 2.21. The molecule has 0 saturated carbocycles. The number of unbranched alkanes of at least 4 members (excludes halogenated alkanes) is 1. The predicted octanol–water partition coefficient (Wildman–Crippen LogP) is 3.14. The Bertz CT molecular complexity index is 92.2. The fraction of sp³-hybridized carbons (Fsp3) is 0.778. The van der Waals surface area contributed by atoms with E-state index < -0.39 is 0 Å². The van der Waals surface area contributed by atoms with Crippen molar-refractivity contribution in [3.05, 3.63) is 12.2 Å². The van der Waals surface area contributed by atoms with Gasteiger partial charge in [-0.2, -0.15) is 0 Å². The quantitative estimate of drug-likeness (QED) is 0.507. The van der Waals surface area contributed by atoms with Gasteiger partial charge in [0.25, 0.3) is 0 Å². The highest BCUT2D eigenvalue weighted by Crippen LogP contribution is 2.21. The third-order valence-electron chi connectivity index (χ3n) is 2.04. The molecule has 52 valence electrons. The summed E-state index contributed by atoms with van der Waals surface area (Å²) < 4.78 is 0.